The molecule has 2 aliphatic rings. The third-order valence-corrected chi connectivity index (χ3v) is 8.59. The molecule has 3 rings (SSSR count). The molecule has 27 heavy (non-hydrogen) atoms. The van der Waals surface area contributed by atoms with Gasteiger partial charge < -0.3 is 10.0 Å². The molecule has 1 aromatic carbocycles. The van der Waals surface area contributed by atoms with Crippen LogP contribution < -0.4 is 4.90 Å². The number of carbonyl (C=O) groups excluding carboxylic acids is 1. The summed E-state index contributed by atoms with van der Waals surface area (Å²) in [5.74, 6) is -1.23. The number of aliphatic carboxylic acids is 1. The second-order valence-electron chi connectivity index (χ2n) is 6.64. The van der Waals surface area contributed by atoms with E-state index in [2.05, 4.69) is 20.9 Å². The van der Waals surface area contributed by atoms with E-state index in [4.69, 9.17) is 5.11 Å². The summed E-state index contributed by atoms with van der Waals surface area (Å²) in [6.07, 6.45) is 0.203. The second kappa shape index (κ2) is 7.92. The molecule has 2 aliphatic heterocycles. The topological polar surface area (TPSA) is 104 Å². The summed E-state index contributed by atoms with van der Waals surface area (Å²) in [5, 5.41) is 9.01. The number of anilines is 1. The number of thioether (sulfide) groups is 1. The number of benzene rings is 1. The zero-order valence-electron chi connectivity index (χ0n) is 14.6. The van der Waals surface area contributed by atoms with Crippen LogP contribution in [0.5, 0.6) is 0 Å². The molecular formula is C17H19BrN2O5S2. The van der Waals surface area contributed by atoms with Crippen molar-refractivity contribution in [3.8, 4) is 0 Å². The lowest BCUT2D eigenvalue weighted by molar-refractivity contribution is -0.137. The zero-order chi connectivity index (χ0) is 19.8. The number of aliphatic imine (C=N–C) groups is 1. The number of amides is 1. The number of rotatable bonds is 5. The predicted octanol–water partition coefficient (Wildman–Crippen LogP) is 2.61. The smallest absolute Gasteiger partial charge is 0.303 e. The number of hydrogen-bond donors (Lipinski definition) is 1. The molecule has 7 nitrogen and oxygen atoms in total. The van der Waals surface area contributed by atoms with Crippen LogP contribution in [0.15, 0.2) is 27.7 Å². The molecule has 146 valence electrons. The SMILES string of the molecule is Cc1cc(N2C(=NC(=O)CCCC(=O)O)S[C@H]3CS(=O)(=O)C[C@H]32)ccc1Br. The van der Waals surface area contributed by atoms with Crippen LogP contribution in [0.1, 0.15) is 24.8 Å². The van der Waals surface area contributed by atoms with Gasteiger partial charge in [0.1, 0.15) is 0 Å². The Hall–Kier alpha value is -1.39. The van der Waals surface area contributed by atoms with Gasteiger partial charge in [-0.25, -0.2) is 8.42 Å². The van der Waals surface area contributed by atoms with Crippen LogP contribution in [0.2, 0.25) is 0 Å². The first-order chi connectivity index (χ1) is 12.7. The van der Waals surface area contributed by atoms with Gasteiger partial charge in [0.05, 0.1) is 17.5 Å². The van der Waals surface area contributed by atoms with E-state index >= 15 is 0 Å². The van der Waals surface area contributed by atoms with Crippen LogP contribution in [0.3, 0.4) is 0 Å². The molecule has 0 aliphatic carbocycles. The Kier molecular flexibility index (Phi) is 5.97. The van der Waals surface area contributed by atoms with Crippen molar-refractivity contribution in [1.29, 1.82) is 0 Å². The van der Waals surface area contributed by atoms with Crippen molar-refractivity contribution in [2.75, 3.05) is 16.4 Å². The van der Waals surface area contributed by atoms with Crippen molar-refractivity contribution >= 4 is 60.3 Å². The summed E-state index contributed by atoms with van der Waals surface area (Å²) in [5.41, 5.74) is 1.79. The number of carboxylic acids is 1. The number of amidine groups is 1. The fourth-order valence-corrected chi connectivity index (χ4v) is 7.38. The molecule has 0 saturated carbocycles. The fourth-order valence-electron chi connectivity index (χ4n) is 3.20. The molecule has 1 aromatic rings. The molecular weight excluding hydrogens is 456 g/mol. The summed E-state index contributed by atoms with van der Waals surface area (Å²) < 4.78 is 25.1. The number of sulfone groups is 1. The maximum absolute atomic E-state index is 12.2. The average molecular weight is 475 g/mol. The average Bonchev–Trinajstić information content (AvgIpc) is 3.00. The van der Waals surface area contributed by atoms with Crippen molar-refractivity contribution in [1.82, 2.24) is 0 Å². The molecule has 0 unspecified atom stereocenters. The van der Waals surface area contributed by atoms with Crippen molar-refractivity contribution in [3.63, 3.8) is 0 Å². The van der Waals surface area contributed by atoms with Gasteiger partial charge >= 0.3 is 5.97 Å². The van der Waals surface area contributed by atoms with E-state index in [1.807, 2.05) is 30.0 Å². The molecule has 0 radical (unpaired) electrons. The molecule has 0 spiro atoms. The van der Waals surface area contributed by atoms with E-state index in [0.717, 1.165) is 15.7 Å². The first-order valence-electron chi connectivity index (χ1n) is 8.42. The Bertz CT molecular complexity index is 916. The van der Waals surface area contributed by atoms with Crippen molar-refractivity contribution < 1.29 is 23.1 Å². The van der Waals surface area contributed by atoms with Crippen LogP contribution in [0.4, 0.5) is 5.69 Å². The minimum Gasteiger partial charge on any atom is -0.481 e. The van der Waals surface area contributed by atoms with Gasteiger partial charge in [0, 0.05) is 28.3 Å². The molecule has 2 saturated heterocycles. The van der Waals surface area contributed by atoms with Gasteiger partial charge in [0.2, 0.25) is 5.91 Å². The van der Waals surface area contributed by atoms with Gasteiger partial charge in [-0.3, -0.25) is 9.59 Å². The van der Waals surface area contributed by atoms with E-state index in [9.17, 15) is 18.0 Å². The second-order valence-corrected chi connectivity index (χ2v) is 10.9. The summed E-state index contributed by atoms with van der Waals surface area (Å²) >= 11 is 4.77. The highest BCUT2D eigenvalue weighted by Crippen LogP contribution is 2.41. The summed E-state index contributed by atoms with van der Waals surface area (Å²) in [6, 6.07) is 5.43. The predicted molar refractivity (Wildman–Crippen MR) is 109 cm³/mol. The van der Waals surface area contributed by atoms with Crippen LogP contribution in [0.25, 0.3) is 0 Å². The lowest BCUT2D eigenvalue weighted by atomic mass is 10.1. The first kappa shape index (κ1) is 20.3. The fraction of sp³-hybridized carbons (Fsp3) is 0.471. The standard InChI is InChI=1S/C17H19BrN2O5S2/c1-10-7-11(5-6-12(10)18)20-13-8-27(24,25)9-14(13)26-17(20)19-15(21)3-2-4-16(22)23/h5-7,13-14H,2-4,8-9H2,1H3,(H,22,23)/t13-,14+/m1/s1. The number of hydrogen-bond acceptors (Lipinski definition) is 5. The first-order valence-corrected chi connectivity index (χ1v) is 11.9. The summed E-state index contributed by atoms with van der Waals surface area (Å²) in [4.78, 5) is 28.8. The molecule has 0 bridgehead atoms. The minimum atomic E-state index is -3.12. The van der Waals surface area contributed by atoms with Gasteiger partial charge in [-0.15, -0.1) is 0 Å². The highest BCUT2D eigenvalue weighted by molar-refractivity contribution is 9.10. The number of nitrogens with zero attached hydrogens (tertiary/aromatic N) is 2. The number of carboxylic acid groups (broad SMARTS) is 1. The van der Waals surface area contributed by atoms with E-state index in [1.54, 1.807) is 0 Å². The van der Waals surface area contributed by atoms with Crippen molar-refractivity contribution in [2.45, 2.75) is 37.5 Å². The highest BCUT2D eigenvalue weighted by Gasteiger charge is 2.49. The number of halogens is 1. The van der Waals surface area contributed by atoms with E-state index in [-0.39, 0.29) is 48.0 Å². The Morgan fingerprint density at radius 1 is 1.33 bits per heavy atom. The monoisotopic (exact) mass is 474 g/mol. The largest absolute Gasteiger partial charge is 0.481 e. The summed E-state index contributed by atoms with van der Waals surface area (Å²) in [6.45, 7) is 1.94. The quantitative estimate of drug-likeness (QED) is 0.698. The van der Waals surface area contributed by atoms with Gasteiger partial charge in [0.15, 0.2) is 15.0 Å². The Labute approximate surface area is 170 Å². The molecule has 1 N–H and O–H groups in total. The zero-order valence-corrected chi connectivity index (χ0v) is 17.8. The van der Waals surface area contributed by atoms with Crippen molar-refractivity contribution in [3.05, 3.63) is 28.2 Å². The molecule has 0 aromatic heterocycles. The Morgan fingerprint density at radius 2 is 2.07 bits per heavy atom. The Balaban J connectivity index is 1.88. The van der Waals surface area contributed by atoms with E-state index in [0.29, 0.717) is 5.17 Å². The lowest BCUT2D eigenvalue weighted by Crippen LogP contribution is -2.37. The van der Waals surface area contributed by atoms with E-state index < -0.39 is 15.8 Å². The van der Waals surface area contributed by atoms with Crippen LogP contribution >= 0.6 is 27.7 Å². The van der Waals surface area contributed by atoms with Crippen LogP contribution in [0, 0.1) is 6.92 Å². The Morgan fingerprint density at radius 3 is 2.74 bits per heavy atom. The number of fused-ring (bicyclic) bond motifs is 1. The van der Waals surface area contributed by atoms with Gasteiger partial charge in [-0.2, -0.15) is 4.99 Å². The van der Waals surface area contributed by atoms with Gasteiger partial charge in [-0.1, -0.05) is 27.7 Å². The maximum Gasteiger partial charge on any atom is 0.303 e. The minimum absolute atomic E-state index is 0.0337. The summed E-state index contributed by atoms with van der Waals surface area (Å²) in [7, 11) is -3.12. The molecule has 2 heterocycles. The molecule has 2 fully saturated rings. The van der Waals surface area contributed by atoms with Crippen LogP contribution in [-0.4, -0.2) is 53.4 Å². The number of carbonyl (C=O) groups is 2. The maximum atomic E-state index is 12.2. The number of aryl methyl sites for hydroxylation is 1. The molecule has 10 heteroatoms. The van der Waals surface area contributed by atoms with Crippen LogP contribution in [-0.2, 0) is 19.4 Å². The van der Waals surface area contributed by atoms with E-state index in [1.165, 1.54) is 11.8 Å². The lowest BCUT2D eigenvalue weighted by Gasteiger charge is -2.25. The van der Waals surface area contributed by atoms with Gasteiger partial charge in [-0.05, 0) is 37.1 Å². The van der Waals surface area contributed by atoms with Crippen molar-refractivity contribution in [2.24, 2.45) is 4.99 Å². The van der Waals surface area contributed by atoms with Gasteiger partial charge in [0.25, 0.3) is 0 Å². The normalized spacial score (nSPS) is 25.0. The molecule has 1 amide bonds. The third-order valence-electron chi connectivity index (χ3n) is 4.49. The highest BCUT2D eigenvalue weighted by atomic mass is 79.9. The third kappa shape index (κ3) is 4.72. The molecule has 2 atom stereocenters.